The largest absolute Gasteiger partial charge is 0.495 e. The number of carbonyl (C=O) groups excluding carboxylic acids is 3. The van der Waals surface area contributed by atoms with Crippen LogP contribution in [0.5, 0.6) is 5.75 Å². The number of methoxy groups -OCH3 is 1. The minimum atomic E-state index is -0.560. The second-order valence-corrected chi connectivity index (χ2v) is 7.10. The van der Waals surface area contributed by atoms with Crippen LogP contribution in [0.4, 0.5) is 5.69 Å². The van der Waals surface area contributed by atoms with Crippen molar-refractivity contribution in [3.63, 3.8) is 0 Å². The molecule has 2 heterocycles. The molecule has 0 unspecified atom stereocenters. The molecule has 7 nitrogen and oxygen atoms in total. The number of likely N-dealkylation sites (tertiary alicyclic amines) is 1. The number of benzene rings is 1. The van der Waals surface area contributed by atoms with E-state index in [0.29, 0.717) is 36.2 Å². The van der Waals surface area contributed by atoms with Gasteiger partial charge >= 0.3 is 5.97 Å². The van der Waals surface area contributed by atoms with Gasteiger partial charge in [-0.15, -0.1) is 0 Å². The van der Waals surface area contributed by atoms with Gasteiger partial charge in [0.05, 0.1) is 42.8 Å². The summed E-state index contributed by atoms with van der Waals surface area (Å²) in [6, 6.07) is 4.26. The zero-order valence-corrected chi connectivity index (χ0v) is 16.2. The molecule has 2 aliphatic rings. The van der Waals surface area contributed by atoms with Crippen molar-refractivity contribution in [3.05, 3.63) is 23.2 Å². The van der Waals surface area contributed by atoms with Gasteiger partial charge in [-0.05, 0) is 44.5 Å². The molecule has 8 heteroatoms. The number of piperidine rings is 1. The molecule has 0 radical (unpaired) electrons. The summed E-state index contributed by atoms with van der Waals surface area (Å²) in [5.74, 6) is -0.580. The number of nitrogens with zero attached hydrogens (tertiary/aromatic N) is 2. The summed E-state index contributed by atoms with van der Waals surface area (Å²) in [5, 5.41) is 0.333. The number of halogens is 1. The Hall–Kier alpha value is -2.12. The summed E-state index contributed by atoms with van der Waals surface area (Å²) in [6.07, 6.45) is 1.62. The molecule has 2 fully saturated rings. The van der Waals surface area contributed by atoms with Gasteiger partial charge in [-0.3, -0.25) is 19.3 Å². The van der Waals surface area contributed by atoms with E-state index in [1.165, 1.54) is 12.0 Å². The van der Waals surface area contributed by atoms with E-state index in [4.69, 9.17) is 21.1 Å². The molecule has 0 spiro atoms. The Labute approximate surface area is 163 Å². The molecule has 0 aromatic heterocycles. The predicted octanol–water partition coefficient (Wildman–Crippen LogP) is 2.26. The van der Waals surface area contributed by atoms with E-state index in [2.05, 4.69) is 0 Å². The monoisotopic (exact) mass is 394 g/mol. The summed E-state index contributed by atoms with van der Waals surface area (Å²) in [7, 11) is 1.50. The zero-order valence-electron chi connectivity index (χ0n) is 15.4. The maximum atomic E-state index is 13.0. The highest BCUT2D eigenvalue weighted by Gasteiger charge is 2.44. The molecule has 2 saturated heterocycles. The first kappa shape index (κ1) is 19.6. The van der Waals surface area contributed by atoms with Crippen molar-refractivity contribution in [3.8, 4) is 5.75 Å². The standard InChI is InChI=1S/C19H23ClN2O5/c1-3-27-19(25)12-5-4-8-21(11-12)15-10-17(23)22(18(15)24)13-6-7-16(26-2)14(20)9-13/h6-7,9,12,15H,3-5,8,10-11H2,1-2H3/t12-,15+/m1/s1. The molecule has 0 saturated carbocycles. The molecular weight excluding hydrogens is 372 g/mol. The Morgan fingerprint density at radius 3 is 2.78 bits per heavy atom. The molecule has 1 aromatic carbocycles. The van der Waals surface area contributed by atoms with Crippen molar-refractivity contribution in [2.24, 2.45) is 5.92 Å². The smallest absolute Gasteiger partial charge is 0.310 e. The second kappa shape index (κ2) is 8.27. The fourth-order valence-corrected chi connectivity index (χ4v) is 3.96. The van der Waals surface area contributed by atoms with Gasteiger partial charge in [0.25, 0.3) is 5.91 Å². The summed E-state index contributed by atoms with van der Waals surface area (Å²) in [4.78, 5) is 40.6. The van der Waals surface area contributed by atoms with E-state index in [-0.39, 0.29) is 30.1 Å². The van der Waals surface area contributed by atoms with Crippen molar-refractivity contribution in [1.82, 2.24) is 4.90 Å². The van der Waals surface area contributed by atoms with Gasteiger partial charge in [0.1, 0.15) is 5.75 Å². The van der Waals surface area contributed by atoms with Gasteiger partial charge in [0.2, 0.25) is 5.91 Å². The van der Waals surface area contributed by atoms with Crippen LogP contribution in [0.2, 0.25) is 5.02 Å². The SMILES string of the molecule is CCOC(=O)[C@@H]1CCCN([C@H]2CC(=O)N(c3ccc(OC)c(Cl)c3)C2=O)C1. The first-order chi connectivity index (χ1) is 13.0. The summed E-state index contributed by atoms with van der Waals surface area (Å²) >= 11 is 6.14. The minimum Gasteiger partial charge on any atom is -0.495 e. The number of rotatable bonds is 5. The Morgan fingerprint density at radius 1 is 1.33 bits per heavy atom. The van der Waals surface area contributed by atoms with Crippen molar-refractivity contribution in [2.75, 3.05) is 31.7 Å². The topological polar surface area (TPSA) is 76.2 Å². The van der Waals surface area contributed by atoms with Crippen molar-refractivity contribution in [2.45, 2.75) is 32.2 Å². The number of anilines is 1. The van der Waals surface area contributed by atoms with E-state index in [1.807, 2.05) is 4.90 Å². The first-order valence-electron chi connectivity index (χ1n) is 9.07. The molecule has 0 N–H and O–H groups in total. The highest BCUT2D eigenvalue weighted by Crippen LogP contribution is 2.33. The Balaban J connectivity index is 1.75. The van der Waals surface area contributed by atoms with Crippen molar-refractivity contribution < 1.29 is 23.9 Å². The highest BCUT2D eigenvalue weighted by atomic mass is 35.5. The van der Waals surface area contributed by atoms with Crippen LogP contribution < -0.4 is 9.64 Å². The maximum Gasteiger partial charge on any atom is 0.310 e. The van der Waals surface area contributed by atoms with Crippen LogP contribution in [0.25, 0.3) is 0 Å². The molecule has 2 atom stereocenters. The quantitative estimate of drug-likeness (QED) is 0.563. The average molecular weight is 395 g/mol. The molecule has 146 valence electrons. The number of carbonyl (C=O) groups is 3. The van der Waals surface area contributed by atoms with Gasteiger partial charge in [0.15, 0.2) is 0 Å². The van der Waals surface area contributed by atoms with Gasteiger partial charge in [-0.2, -0.15) is 0 Å². The normalized spacial score (nSPS) is 23.6. The molecule has 27 heavy (non-hydrogen) atoms. The van der Waals surface area contributed by atoms with E-state index in [9.17, 15) is 14.4 Å². The number of amides is 2. The third-order valence-electron chi connectivity index (χ3n) is 5.03. The summed E-state index contributed by atoms with van der Waals surface area (Å²) < 4.78 is 10.2. The second-order valence-electron chi connectivity index (χ2n) is 6.69. The highest BCUT2D eigenvalue weighted by molar-refractivity contribution is 6.33. The van der Waals surface area contributed by atoms with Gasteiger partial charge in [-0.1, -0.05) is 11.6 Å². The van der Waals surface area contributed by atoms with Crippen LogP contribution >= 0.6 is 11.6 Å². The Morgan fingerprint density at radius 2 is 2.11 bits per heavy atom. The van der Waals surface area contributed by atoms with E-state index in [0.717, 1.165) is 12.8 Å². The number of ether oxygens (including phenoxy) is 2. The van der Waals surface area contributed by atoms with Crippen LogP contribution in [0.15, 0.2) is 18.2 Å². The van der Waals surface area contributed by atoms with Gasteiger partial charge in [-0.25, -0.2) is 4.90 Å². The number of hydrogen-bond acceptors (Lipinski definition) is 6. The van der Waals surface area contributed by atoms with E-state index >= 15 is 0 Å². The van der Waals surface area contributed by atoms with Crippen molar-refractivity contribution >= 4 is 35.1 Å². The minimum absolute atomic E-state index is 0.0953. The van der Waals surface area contributed by atoms with Crippen molar-refractivity contribution in [1.29, 1.82) is 0 Å². The maximum absolute atomic E-state index is 13.0. The summed E-state index contributed by atoms with van der Waals surface area (Å²) in [5.41, 5.74) is 0.428. The molecular formula is C19H23ClN2O5. The zero-order chi connectivity index (χ0) is 19.6. The predicted molar refractivity (Wildman–Crippen MR) is 99.8 cm³/mol. The molecule has 0 bridgehead atoms. The average Bonchev–Trinajstić information content (AvgIpc) is 2.96. The number of esters is 1. The van der Waals surface area contributed by atoms with Gasteiger partial charge < -0.3 is 9.47 Å². The lowest BCUT2D eigenvalue weighted by Crippen LogP contribution is -2.48. The molecule has 2 aliphatic heterocycles. The third-order valence-corrected chi connectivity index (χ3v) is 5.33. The molecule has 0 aliphatic carbocycles. The van der Waals surface area contributed by atoms with Crippen LogP contribution in [0, 0.1) is 5.92 Å². The van der Waals surface area contributed by atoms with Crippen LogP contribution in [-0.4, -0.2) is 55.5 Å². The van der Waals surface area contributed by atoms with Gasteiger partial charge in [0, 0.05) is 6.54 Å². The molecule has 1 aromatic rings. The fourth-order valence-electron chi connectivity index (χ4n) is 3.71. The van der Waals surface area contributed by atoms with Crippen LogP contribution in [0.3, 0.4) is 0 Å². The van der Waals surface area contributed by atoms with E-state index < -0.39 is 6.04 Å². The molecule has 2 amide bonds. The van der Waals surface area contributed by atoms with Crippen LogP contribution in [-0.2, 0) is 19.1 Å². The number of imide groups is 1. The fraction of sp³-hybridized carbons (Fsp3) is 0.526. The first-order valence-corrected chi connectivity index (χ1v) is 9.45. The lowest BCUT2D eigenvalue weighted by Gasteiger charge is -2.34. The van der Waals surface area contributed by atoms with Crippen LogP contribution in [0.1, 0.15) is 26.2 Å². The Kier molecular flexibility index (Phi) is 6.01. The lowest BCUT2D eigenvalue weighted by molar-refractivity contribution is -0.150. The summed E-state index contributed by atoms with van der Waals surface area (Å²) in [6.45, 7) is 3.22. The molecule has 3 rings (SSSR count). The Bertz CT molecular complexity index is 754. The lowest BCUT2D eigenvalue weighted by atomic mass is 9.96. The number of hydrogen-bond donors (Lipinski definition) is 0. The van der Waals surface area contributed by atoms with E-state index in [1.54, 1.807) is 25.1 Å². The third kappa shape index (κ3) is 3.94.